The Morgan fingerprint density at radius 1 is 0.938 bits per heavy atom. The molecule has 0 fully saturated rings. The zero-order chi connectivity index (χ0) is 22.9. The van der Waals surface area contributed by atoms with E-state index in [1.165, 1.54) is 51.4 Å². The van der Waals surface area contributed by atoms with Crippen LogP contribution in [0.25, 0.3) is 0 Å². The summed E-state index contributed by atoms with van der Waals surface area (Å²) in [5.74, 6) is 1.00. The van der Waals surface area contributed by atoms with Crippen LogP contribution in [0.15, 0.2) is 48.7 Å². The Morgan fingerprint density at radius 3 is 2.38 bits per heavy atom. The van der Waals surface area contributed by atoms with E-state index in [1.807, 2.05) is 42.6 Å². The zero-order valence-electron chi connectivity index (χ0n) is 19.7. The highest BCUT2D eigenvalue weighted by Gasteiger charge is 2.08. The third-order valence-corrected chi connectivity index (χ3v) is 5.66. The number of nitrogens with zero attached hydrogens (tertiary/aromatic N) is 2. The molecule has 0 bridgehead atoms. The number of anilines is 1. The van der Waals surface area contributed by atoms with Gasteiger partial charge in [-0.3, -0.25) is 4.79 Å². The molecule has 0 amide bonds. The van der Waals surface area contributed by atoms with E-state index < -0.39 is 5.97 Å². The van der Waals surface area contributed by atoms with Crippen LogP contribution in [0.2, 0.25) is 0 Å². The van der Waals surface area contributed by atoms with Crippen LogP contribution >= 0.6 is 0 Å². The van der Waals surface area contributed by atoms with Crippen molar-refractivity contribution in [2.45, 2.75) is 77.6 Å². The monoisotopic (exact) mass is 440 g/mol. The van der Waals surface area contributed by atoms with Gasteiger partial charge in [0.05, 0.1) is 6.54 Å². The van der Waals surface area contributed by atoms with E-state index in [9.17, 15) is 4.79 Å². The topological polar surface area (TPSA) is 62.7 Å². The maximum Gasteiger partial charge on any atom is 0.303 e. The van der Waals surface area contributed by atoms with Crippen molar-refractivity contribution in [3.63, 3.8) is 0 Å². The molecule has 1 N–H and O–H groups in total. The number of carboxylic acids is 1. The van der Waals surface area contributed by atoms with Crippen LogP contribution in [0.1, 0.15) is 76.7 Å². The molecule has 0 saturated heterocycles. The Hall–Kier alpha value is -2.56. The minimum Gasteiger partial charge on any atom is -0.492 e. The number of carbonyl (C=O) groups is 1. The van der Waals surface area contributed by atoms with Gasteiger partial charge in [-0.2, -0.15) is 0 Å². The lowest BCUT2D eigenvalue weighted by molar-refractivity contribution is -0.136. The van der Waals surface area contributed by atoms with Crippen LogP contribution in [-0.2, 0) is 11.2 Å². The van der Waals surface area contributed by atoms with Gasteiger partial charge in [-0.15, -0.1) is 0 Å². The number of rotatable bonds is 18. The van der Waals surface area contributed by atoms with Crippen molar-refractivity contribution in [1.29, 1.82) is 0 Å². The Kier molecular flexibility index (Phi) is 13.0. The second-order valence-electron chi connectivity index (χ2n) is 8.39. The molecule has 32 heavy (non-hydrogen) atoms. The third-order valence-electron chi connectivity index (χ3n) is 5.66. The first-order valence-electron chi connectivity index (χ1n) is 12.3. The maximum absolute atomic E-state index is 10.8. The fourth-order valence-corrected chi connectivity index (χ4v) is 3.81. The lowest BCUT2D eigenvalue weighted by atomic mass is 10.1. The highest BCUT2D eigenvalue weighted by molar-refractivity contribution is 5.67. The number of ether oxygens (including phenoxy) is 1. The number of pyridine rings is 1. The number of hydrogen-bond donors (Lipinski definition) is 1. The largest absolute Gasteiger partial charge is 0.492 e. The van der Waals surface area contributed by atoms with Gasteiger partial charge >= 0.3 is 5.97 Å². The molecule has 0 aliphatic heterocycles. The highest BCUT2D eigenvalue weighted by Crippen LogP contribution is 2.16. The first-order chi connectivity index (χ1) is 15.7. The Labute approximate surface area is 193 Å². The van der Waals surface area contributed by atoms with Crippen LogP contribution in [0.5, 0.6) is 5.75 Å². The fraction of sp³-hybridized carbons (Fsp3) is 0.556. The molecule has 176 valence electrons. The van der Waals surface area contributed by atoms with E-state index >= 15 is 0 Å². The number of benzene rings is 1. The molecular formula is C27H40N2O3. The lowest BCUT2D eigenvalue weighted by Gasteiger charge is -2.24. The van der Waals surface area contributed by atoms with E-state index in [1.54, 1.807) is 0 Å². The summed E-state index contributed by atoms with van der Waals surface area (Å²) in [6.07, 6.45) is 14.4. The van der Waals surface area contributed by atoms with Crippen molar-refractivity contribution in [2.24, 2.45) is 0 Å². The van der Waals surface area contributed by atoms with E-state index in [0.717, 1.165) is 36.6 Å². The number of unbranched alkanes of at least 4 members (excludes halogenated alkanes) is 8. The molecule has 0 unspecified atom stereocenters. The van der Waals surface area contributed by atoms with Crippen LogP contribution < -0.4 is 9.64 Å². The quantitative estimate of drug-likeness (QED) is 0.268. The predicted molar refractivity (Wildman–Crippen MR) is 132 cm³/mol. The summed E-state index contributed by atoms with van der Waals surface area (Å²) < 4.78 is 5.98. The molecule has 2 aromatic rings. The average Bonchev–Trinajstić information content (AvgIpc) is 2.81. The SMILES string of the molecule is CCCCCCCCCCCN(CCOc1cccc(CCC(=O)O)c1)c1ccccn1. The first kappa shape index (κ1) is 25.7. The molecule has 0 radical (unpaired) electrons. The molecule has 1 aromatic carbocycles. The van der Waals surface area contributed by atoms with Crippen LogP contribution in [-0.4, -0.2) is 35.8 Å². The van der Waals surface area contributed by atoms with Gasteiger partial charge in [0.1, 0.15) is 18.2 Å². The summed E-state index contributed by atoms with van der Waals surface area (Å²) in [7, 11) is 0. The molecule has 0 aliphatic rings. The minimum absolute atomic E-state index is 0.135. The summed E-state index contributed by atoms with van der Waals surface area (Å²) in [6, 6.07) is 13.8. The number of aromatic nitrogens is 1. The molecule has 1 aromatic heterocycles. The lowest BCUT2D eigenvalue weighted by Crippen LogP contribution is -2.30. The molecule has 1 heterocycles. The second kappa shape index (κ2) is 16.1. The van der Waals surface area contributed by atoms with Gasteiger partial charge in [0.25, 0.3) is 0 Å². The van der Waals surface area contributed by atoms with Crippen molar-refractivity contribution in [3.8, 4) is 5.75 Å². The van der Waals surface area contributed by atoms with Gasteiger partial charge in [-0.1, -0.05) is 76.5 Å². The van der Waals surface area contributed by atoms with Crippen molar-refractivity contribution < 1.29 is 14.6 Å². The number of aryl methyl sites for hydroxylation is 1. The smallest absolute Gasteiger partial charge is 0.303 e. The molecule has 0 aliphatic carbocycles. The molecule has 0 atom stereocenters. The molecule has 0 saturated carbocycles. The maximum atomic E-state index is 10.8. The third kappa shape index (κ3) is 11.2. The highest BCUT2D eigenvalue weighted by atomic mass is 16.5. The van der Waals surface area contributed by atoms with Crippen LogP contribution in [0.4, 0.5) is 5.82 Å². The molecule has 5 heteroatoms. The molecule has 2 rings (SSSR count). The standard InChI is InChI=1S/C27H40N2O3/c1-2-3-4-5-6-7-8-9-12-20-29(26-16-10-11-19-28-26)21-22-32-25-15-13-14-24(23-25)17-18-27(30)31/h10-11,13-16,19,23H,2-9,12,17-18,20-22H2,1H3,(H,30,31). The summed E-state index contributed by atoms with van der Waals surface area (Å²) >= 11 is 0. The number of hydrogen-bond acceptors (Lipinski definition) is 4. The van der Waals surface area contributed by atoms with Crippen molar-refractivity contribution in [2.75, 3.05) is 24.6 Å². The Morgan fingerprint density at radius 2 is 1.69 bits per heavy atom. The van der Waals surface area contributed by atoms with Gasteiger partial charge in [0.15, 0.2) is 0 Å². The summed E-state index contributed by atoms with van der Waals surface area (Å²) in [6.45, 7) is 4.58. The van der Waals surface area contributed by atoms with E-state index in [4.69, 9.17) is 9.84 Å². The van der Waals surface area contributed by atoms with E-state index in [0.29, 0.717) is 13.0 Å². The van der Waals surface area contributed by atoms with E-state index in [-0.39, 0.29) is 6.42 Å². The first-order valence-corrected chi connectivity index (χ1v) is 12.3. The zero-order valence-corrected chi connectivity index (χ0v) is 19.7. The predicted octanol–water partition coefficient (Wildman–Crippen LogP) is 6.52. The Bertz CT molecular complexity index is 752. The van der Waals surface area contributed by atoms with Crippen LogP contribution in [0, 0.1) is 0 Å². The van der Waals surface area contributed by atoms with Gasteiger partial charge in [-0.25, -0.2) is 4.98 Å². The van der Waals surface area contributed by atoms with E-state index in [2.05, 4.69) is 22.9 Å². The van der Waals surface area contributed by atoms with Gasteiger partial charge in [0, 0.05) is 19.2 Å². The molecule has 5 nitrogen and oxygen atoms in total. The van der Waals surface area contributed by atoms with Gasteiger partial charge in [0.2, 0.25) is 0 Å². The summed E-state index contributed by atoms with van der Waals surface area (Å²) in [4.78, 5) is 17.6. The normalized spacial score (nSPS) is 10.8. The number of carboxylic acid groups (broad SMARTS) is 1. The second-order valence-corrected chi connectivity index (χ2v) is 8.39. The van der Waals surface area contributed by atoms with Gasteiger partial charge in [-0.05, 0) is 42.7 Å². The molecule has 0 spiro atoms. The average molecular weight is 441 g/mol. The van der Waals surface area contributed by atoms with Crippen molar-refractivity contribution in [1.82, 2.24) is 4.98 Å². The Balaban J connectivity index is 1.74. The molecular weight excluding hydrogens is 400 g/mol. The summed E-state index contributed by atoms with van der Waals surface area (Å²) in [5, 5.41) is 8.87. The number of aliphatic carboxylic acids is 1. The summed E-state index contributed by atoms with van der Waals surface area (Å²) in [5.41, 5.74) is 0.987. The fourth-order valence-electron chi connectivity index (χ4n) is 3.81. The minimum atomic E-state index is -0.779. The van der Waals surface area contributed by atoms with Crippen LogP contribution in [0.3, 0.4) is 0 Å². The van der Waals surface area contributed by atoms with Gasteiger partial charge < -0.3 is 14.7 Å². The van der Waals surface area contributed by atoms with Crippen molar-refractivity contribution >= 4 is 11.8 Å². The van der Waals surface area contributed by atoms with Crippen molar-refractivity contribution in [3.05, 3.63) is 54.2 Å².